The van der Waals surface area contributed by atoms with Crippen LogP contribution in [0, 0.1) is 11.7 Å². The van der Waals surface area contributed by atoms with E-state index in [-0.39, 0.29) is 5.69 Å². The lowest BCUT2D eigenvalue weighted by Gasteiger charge is -2.11. The van der Waals surface area contributed by atoms with Gasteiger partial charge in [0.15, 0.2) is 11.6 Å². The second-order valence-electron chi connectivity index (χ2n) is 10.0. The molecule has 6 aromatic rings. The predicted octanol–water partition coefficient (Wildman–Crippen LogP) is 5.44. The number of nitrogens with zero attached hydrogens (tertiary/aromatic N) is 6. The highest BCUT2D eigenvalue weighted by Crippen LogP contribution is 2.34. The zero-order valence-corrected chi connectivity index (χ0v) is 21.2. The quantitative estimate of drug-likeness (QED) is 0.257. The maximum absolute atomic E-state index is 16.1. The molecule has 7 rings (SSSR count). The Morgan fingerprint density at radius 1 is 0.897 bits per heavy atom. The molecule has 6 heterocycles. The van der Waals surface area contributed by atoms with Crippen molar-refractivity contribution >= 4 is 21.9 Å². The lowest BCUT2D eigenvalue weighted by molar-refractivity contribution is 0.489. The first kappa shape index (κ1) is 23.5. The van der Waals surface area contributed by atoms with E-state index in [0.29, 0.717) is 45.7 Å². The zero-order chi connectivity index (χ0) is 26.2. The first-order valence-corrected chi connectivity index (χ1v) is 13.2. The van der Waals surface area contributed by atoms with Crippen molar-refractivity contribution in [3.05, 3.63) is 72.8 Å². The van der Waals surface area contributed by atoms with E-state index in [9.17, 15) is 0 Å². The average molecular weight is 520 g/mol. The van der Waals surface area contributed by atoms with Crippen molar-refractivity contribution in [3.8, 4) is 34.0 Å². The fraction of sp³-hybridized carbons (Fsp3) is 0.241. The standard InChI is InChI=1S/C29H26FN9/c30-24-23-22(16-35-25(24)20-10-18(13-33-15-20)12-32-11-17-4-1-2-5-17)38-39-28(23)29-36-21-7-9-34-26(27(21)37-29)19-6-3-8-31-14-19/h3,6-10,13-17,32H,1-2,4-5,11-12H2,(H,36,37)(H,38,39). The summed E-state index contributed by atoms with van der Waals surface area (Å²) >= 11 is 0. The zero-order valence-electron chi connectivity index (χ0n) is 21.2. The van der Waals surface area contributed by atoms with Gasteiger partial charge in [-0.1, -0.05) is 12.8 Å². The summed E-state index contributed by atoms with van der Waals surface area (Å²) in [4.78, 5) is 25.5. The van der Waals surface area contributed by atoms with Gasteiger partial charge < -0.3 is 10.3 Å². The summed E-state index contributed by atoms with van der Waals surface area (Å²) in [6, 6.07) is 7.56. The summed E-state index contributed by atoms with van der Waals surface area (Å²) in [5, 5.41) is 11.1. The van der Waals surface area contributed by atoms with E-state index >= 15 is 4.39 Å². The minimum Gasteiger partial charge on any atom is -0.336 e. The highest BCUT2D eigenvalue weighted by molar-refractivity contribution is 5.97. The van der Waals surface area contributed by atoms with Gasteiger partial charge in [0.05, 0.1) is 28.3 Å². The molecule has 3 N–H and O–H groups in total. The monoisotopic (exact) mass is 519 g/mol. The molecular weight excluding hydrogens is 493 g/mol. The molecule has 1 saturated carbocycles. The molecule has 0 unspecified atom stereocenters. The highest BCUT2D eigenvalue weighted by atomic mass is 19.1. The molecule has 0 atom stereocenters. The first-order chi connectivity index (χ1) is 19.2. The molecule has 0 bridgehead atoms. The van der Waals surface area contributed by atoms with E-state index in [1.54, 1.807) is 31.0 Å². The van der Waals surface area contributed by atoms with Crippen LogP contribution in [-0.4, -0.2) is 46.6 Å². The Hall–Kier alpha value is -4.57. The van der Waals surface area contributed by atoms with Gasteiger partial charge in [-0.2, -0.15) is 5.10 Å². The second-order valence-corrected chi connectivity index (χ2v) is 10.0. The normalized spacial score (nSPS) is 14.1. The van der Waals surface area contributed by atoms with Gasteiger partial charge >= 0.3 is 0 Å². The SMILES string of the molecule is Fc1c(-c2cncc(CNCC3CCCC3)c2)ncc2[nH]nc(-c3nc4c(-c5cccnc5)nccc4[nH]3)c12. The smallest absolute Gasteiger partial charge is 0.161 e. The van der Waals surface area contributed by atoms with Crippen LogP contribution < -0.4 is 5.32 Å². The number of H-pyrrole nitrogens is 2. The molecule has 0 saturated heterocycles. The minimum atomic E-state index is -0.472. The molecule has 6 aromatic heterocycles. The molecular formula is C29H26FN9. The van der Waals surface area contributed by atoms with Crippen LogP contribution in [0.25, 0.3) is 56.0 Å². The molecule has 39 heavy (non-hydrogen) atoms. The van der Waals surface area contributed by atoms with Crippen molar-refractivity contribution in [3.63, 3.8) is 0 Å². The van der Waals surface area contributed by atoms with Gasteiger partial charge in [0.25, 0.3) is 0 Å². The fourth-order valence-corrected chi connectivity index (χ4v) is 5.46. The highest BCUT2D eigenvalue weighted by Gasteiger charge is 2.22. The van der Waals surface area contributed by atoms with Gasteiger partial charge in [0.2, 0.25) is 0 Å². The average Bonchev–Trinajstić information content (AvgIpc) is 3.73. The van der Waals surface area contributed by atoms with Crippen LogP contribution in [0.4, 0.5) is 4.39 Å². The molecule has 1 aliphatic carbocycles. The lowest BCUT2D eigenvalue weighted by Crippen LogP contribution is -2.20. The summed E-state index contributed by atoms with van der Waals surface area (Å²) < 4.78 is 16.1. The van der Waals surface area contributed by atoms with E-state index < -0.39 is 5.82 Å². The molecule has 1 aliphatic rings. The number of hydrogen-bond donors (Lipinski definition) is 3. The molecule has 194 valence electrons. The van der Waals surface area contributed by atoms with Crippen LogP contribution in [0.2, 0.25) is 0 Å². The van der Waals surface area contributed by atoms with Crippen molar-refractivity contribution in [1.82, 2.24) is 45.4 Å². The Bertz CT molecular complexity index is 1770. The van der Waals surface area contributed by atoms with Gasteiger partial charge in [0.1, 0.15) is 16.9 Å². The van der Waals surface area contributed by atoms with Gasteiger partial charge in [-0.3, -0.25) is 25.0 Å². The second kappa shape index (κ2) is 9.95. The van der Waals surface area contributed by atoms with Crippen molar-refractivity contribution in [2.75, 3.05) is 6.54 Å². The Morgan fingerprint density at radius 3 is 2.67 bits per heavy atom. The van der Waals surface area contributed by atoms with E-state index in [4.69, 9.17) is 4.98 Å². The van der Waals surface area contributed by atoms with Crippen molar-refractivity contribution < 1.29 is 4.39 Å². The molecule has 0 radical (unpaired) electrons. The molecule has 10 heteroatoms. The number of fused-ring (bicyclic) bond motifs is 2. The van der Waals surface area contributed by atoms with Crippen LogP contribution in [0.5, 0.6) is 0 Å². The molecule has 0 aromatic carbocycles. The van der Waals surface area contributed by atoms with Gasteiger partial charge in [0, 0.05) is 48.7 Å². The Morgan fingerprint density at radius 2 is 1.79 bits per heavy atom. The molecule has 0 spiro atoms. The number of rotatable bonds is 7. The third-order valence-electron chi connectivity index (χ3n) is 7.41. The van der Waals surface area contributed by atoms with Crippen LogP contribution in [0.15, 0.2) is 61.4 Å². The maximum Gasteiger partial charge on any atom is 0.161 e. The minimum absolute atomic E-state index is 0.226. The van der Waals surface area contributed by atoms with Gasteiger partial charge in [-0.15, -0.1) is 0 Å². The van der Waals surface area contributed by atoms with Crippen LogP contribution in [0.1, 0.15) is 31.2 Å². The fourth-order valence-electron chi connectivity index (χ4n) is 5.46. The predicted molar refractivity (Wildman–Crippen MR) is 147 cm³/mol. The summed E-state index contributed by atoms with van der Waals surface area (Å²) in [6.07, 6.45) is 15.4. The summed E-state index contributed by atoms with van der Waals surface area (Å²) in [7, 11) is 0. The number of pyridine rings is 4. The third-order valence-corrected chi connectivity index (χ3v) is 7.41. The number of aromatic nitrogens is 8. The number of halogens is 1. The maximum atomic E-state index is 16.1. The van der Waals surface area contributed by atoms with Crippen LogP contribution in [0.3, 0.4) is 0 Å². The summed E-state index contributed by atoms with van der Waals surface area (Å²) in [5.74, 6) is 0.713. The third kappa shape index (κ3) is 4.42. The number of hydrogen-bond acceptors (Lipinski definition) is 7. The number of imidazole rings is 1. The molecule has 0 aliphatic heterocycles. The van der Waals surface area contributed by atoms with Crippen LogP contribution in [-0.2, 0) is 6.54 Å². The van der Waals surface area contributed by atoms with E-state index in [1.165, 1.54) is 25.7 Å². The largest absolute Gasteiger partial charge is 0.336 e. The summed E-state index contributed by atoms with van der Waals surface area (Å²) in [5.41, 5.74) is 5.66. The topological polar surface area (TPSA) is 121 Å². The number of aromatic amines is 2. The molecule has 9 nitrogen and oxygen atoms in total. The Balaban J connectivity index is 1.24. The van der Waals surface area contributed by atoms with Crippen molar-refractivity contribution in [2.24, 2.45) is 5.92 Å². The Labute approximate surface area is 223 Å². The first-order valence-electron chi connectivity index (χ1n) is 13.2. The van der Waals surface area contributed by atoms with E-state index in [0.717, 1.165) is 29.1 Å². The van der Waals surface area contributed by atoms with E-state index in [1.807, 2.05) is 30.5 Å². The van der Waals surface area contributed by atoms with E-state index in [2.05, 4.69) is 40.4 Å². The number of nitrogens with one attached hydrogen (secondary N) is 3. The molecule has 1 fully saturated rings. The molecule has 0 amide bonds. The van der Waals surface area contributed by atoms with Gasteiger partial charge in [-0.25, -0.2) is 9.37 Å². The lowest BCUT2D eigenvalue weighted by atomic mass is 10.1. The van der Waals surface area contributed by atoms with Crippen molar-refractivity contribution in [2.45, 2.75) is 32.2 Å². The van der Waals surface area contributed by atoms with Crippen molar-refractivity contribution in [1.29, 1.82) is 0 Å². The van der Waals surface area contributed by atoms with Crippen LogP contribution >= 0.6 is 0 Å². The summed E-state index contributed by atoms with van der Waals surface area (Å²) in [6.45, 7) is 1.68. The van der Waals surface area contributed by atoms with Gasteiger partial charge in [-0.05, 0) is 55.1 Å². The Kier molecular flexibility index (Phi) is 6.01.